The van der Waals surface area contributed by atoms with Crippen molar-refractivity contribution < 1.29 is 0 Å². The molecular formula is C35H23IN2. The van der Waals surface area contributed by atoms with Crippen molar-refractivity contribution in [1.82, 2.24) is 9.13 Å². The van der Waals surface area contributed by atoms with E-state index in [1.54, 1.807) is 0 Å². The number of fused-ring (bicyclic) bond motifs is 6. The van der Waals surface area contributed by atoms with Crippen LogP contribution in [0.5, 0.6) is 0 Å². The monoisotopic (exact) mass is 598 g/mol. The number of para-hydroxylation sites is 3. The van der Waals surface area contributed by atoms with Crippen LogP contribution in [0.2, 0.25) is 0 Å². The zero-order chi connectivity index (χ0) is 25.1. The van der Waals surface area contributed by atoms with Crippen molar-refractivity contribution in [3.05, 3.63) is 137 Å². The van der Waals surface area contributed by atoms with E-state index in [1.807, 2.05) is 0 Å². The second-order valence-electron chi connectivity index (χ2n) is 9.65. The largest absolute Gasteiger partial charge is 0.309 e. The molecule has 8 rings (SSSR count). The molecule has 2 aromatic heterocycles. The molecule has 0 N–H and O–H groups in total. The van der Waals surface area contributed by atoms with Gasteiger partial charge in [0.15, 0.2) is 0 Å². The van der Waals surface area contributed by atoms with E-state index in [0.29, 0.717) is 0 Å². The molecule has 0 saturated heterocycles. The molecule has 1 aliphatic heterocycles. The maximum Gasteiger partial charge on any atom is 0.0597 e. The van der Waals surface area contributed by atoms with E-state index in [9.17, 15) is 0 Å². The summed E-state index contributed by atoms with van der Waals surface area (Å²) in [7, 11) is 0. The average molecular weight is 598 g/mol. The Morgan fingerprint density at radius 3 is 1.63 bits per heavy atom. The Hall–Kier alpha value is -4.22. The van der Waals surface area contributed by atoms with Crippen LogP contribution < -0.4 is 0 Å². The molecule has 0 unspecified atom stereocenters. The zero-order valence-electron chi connectivity index (χ0n) is 20.6. The maximum atomic E-state index is 2.45. The summed E-state index contributed by atoms with van der Waals surface area (Å²) in [5.74, 6) is 0. The molecule has 7 aromatic rings. The number of aromatic nitrogens is 2. The number of rotatable bonds is 3. The van der Waals surface area contributed by atoms with E-state index >= 15 is 0 Å². The van der Waals surface area contributed by atoms with Gasteiger partial charge in [-0.05, 0) is 67.8 Å². The summed E-state index contributed by atoms with van der Waals surface area (Å²) in [4.78, 5) is 0. The lowest BCUT2D eigenvalue weighted by atomic mass is 10.0. The van der Waals surface area contributed by atoms with E-state index in [1.165, 1.54) is 66.5 Å². The van der Waals surface area contributed by atoms with Crippen LogP contribution in [0.15, 0.2) is 125 Å². The van der Waals surface area contributed by atoms with Crippen molar-refractivity contribution in [2.75, 3.05) is 0 Å². The first-order valence-corrected chi connectivity index (χ1v) is 15.3. The van der Waals surface area contributed by atoms with Gasteiger partial charge in [-0.25, -0.2) is 0 Å². The van der Waals surface area contributed by atoms with E-state index in [0.717, 1.165) is 0 Å². The Labute approximate surface area is 230 Å². The fourth-order valence-corrected chi connectivity index (χ4v) is 7.62. The summed E-state index contributed by atoms with van der Waals surface area (Å²) in [6, 6.07) is 44.1. The van der Waals surface area contributed by atoms with Crippen LogP contribution in [0.3, 0.4) is 0 Å². The molecular weight excluding hydrogens is 575 g/mol. The lowest BCUT2D eigenvalue weighted by Crippen LogP contribution is -2.00. The van der Waals surface area contributed by atoms with Crippen molar-refractivity contribution in [1.29, 1.82) is 0 Å². The maximum absolute atomic E-state index is 2.45. The lowest BCUT2D eigenvalue weighted by molar-refractivity contribution is 1.11. The van der Waals surface area contributed by atoms with E-state index in [2.05, 4.69) is 145 Å². The number of hydrogen-bond donors (Lipinski definition) is 0. The highest BCUT2D eigenvalue weighted by Gasteiger charge is 2.17. The van der Waals surface area contributed by atoms with Crippen LogP contribution in [-0.4, -0.2) is 13.1 Å². The topological polar surface area (TPSA) is 9.86 Å². The molecule has 2 nitrogen and oxygen atoms in total. The van der Waals surface area contributed by atoms with Crippen LogP contribution in [0, 0.1) is 0 Å². The average Bonchev–Trinajstić information content (AvgIpc) is 3.51. The van der Waals surface area contributed by atoms with Crippen LogP contribution in [0.4, 0.5) is 0 Å². The first-order chi connectivity index (χ1) is 18.9. The number of benzene rings is 5. The first kappa shape index (κ1) is 21.8. The normalized spacial score (nSPS) is 12.7. The van der Waals surface area contributed by atoms with Gasteiger partial charge in [0.25, 0.3) is 0 Å². The van der Waals surface area contributed by atoms with Gasteiger partial charge in [0.2, 0.25) is 0 Å². The third kappa shape index (κ3) is 3.28. The molecule has 0 fully saturated rings. The predicted molar refractivity (Wildman–Crippen MR) is 171 cm³/mol. The third-order valence-electron chi connectivity index (χ3n) is 7.54. The van der Waals surface area contributed by atoms with Crippen molar-refractivity contribution in [3.8, 4) is 22.5 Å². The zero-order valence-corrected chi connectivity index (χ0v) is 22.7. The summed E-state index contributed by atoms with van der Waals surface area (Å²) in [6.45, 7) is 0. The second kappa shape index (κ2) is 8.67. The molecule has 0 atom stereocenters. The fraction of sp³-hybridized carbons (Fsp3) is 0. The molecule has 3 heterocycles. The number of halogens is 1. The Bertz CT molecular complexity index is 2030. The Kier molecular flexibility index (Phi) is 4.98. The van der Waals surface area contributed by atoms with Gasteiger partial charge in [0.05, 0.1) is 22.2 Å². The van der Waals surface area contributed by atoms with Crippen LogP contribution in [0.1, 0.15) is 11.3 Å². The van der Waals surface area contributed by atoms with E-state index in [4.69, 9.17) is 0 Å². The summed E-state index contributed by atoms with van der Waals surface area (Å²) >= 11 is -0.0583. The second-order valence-corrected chi connectivity index (χ2v) is 11.7. The minimum absolute atomic E-state index is 0.0583. The Morgan fingerprint density at radius 1 is 0.474 bits per heavy atom. The molecule has 0 amide bonds. The number of nitrogens with zero attached hydrogens (tertiary/aromatic N) is 2. The molecule has 38 heavy (non-hydrogen) atoms. The standard InChI is InChI=1S/C35H23IN2/c1-4-16-32-28(13-1)29-14-2-5-17-33(29)37(32)26-11-7-9-24(21-26)25-10-8-12-27(22-25)38-34-18-6-3-15-30(34)31-19-20-36-23-35(31)38/h1-23H. The molecule has 0 radical (unpaired) electrons. The predicted octanol–water partition coefficient (Wildman–Crippen LogP) is 9.50. The molecule has 3 heteroatoms. The summed E-state index contributed by atoms with van der Waals surface area (Å²) in [6.07, 6.45) is 2.32. The number of hydrogen-bond acceptors (Lipinski definition) is 0. The van der Waals surface area contributed by atoms with Crippen molar-refractivity contribution in [2.45, 2.75) is 0 Å². The fourth-order valence-electron chi connectivity index (χ4n) is 5.89. The molecule has 0 bridgehead atoms. The van der Waals surface area contributed by atoms with E-state index < -0.39 is 0 Å². The summed E-state index contributed by atoms with van der Waals surface area (Å²) in [5, 5.41) is 3.89. The van der Waals surface area contributed by atoms with Gasteiger partial charge in [-0.15, -0.1) is 0 Å². The third-order valence-corrected chi connectivity index (χ3v) is 9.27. The molecule has 0 aliphatic carbocycles. The van der Waals surface area contributed by atoms with Crippen molar-refractivity contribution in [3.63, 3.8) is 0 Å². The SMILES string of the molecule is C1=Cc2c(n(-c3cccc(-c4cccc(-n5c6ccccc6c6ccccc65)c4)c3)c3ccccc23)C=I1. The highest BCUT2D eigenvalue weighted by Crippen LogP contribution is 2.36. The Balaban J connectivity index is 1.31. The van der Waals surface area contributed by atoms with Gasteiger partial charge in [0.1, 0.15) is 0 Å². The van der Waals surface area contributed by atoms with Crippen LogP contribution >= 0.6 is 20.7 Å². The molecule has 5 aromatic carbocycles. The molecule has 0 saturated carbocycles. The van der Waals surface area contributed by atoms with Gasteiger partial charge in [-0.3, -0.25) is 0 Å². The summed E-state index contributed by atoms with van der Waals surface area (Å²) < 4.78 is 9.63. The smallest absolute Gasteiger partial charge is 0.0597 e. The molecule has 1 aliphatic rings. The highest BCUT2D eigenvalue weighted by atomic mass is 127. The Morgan fingerprint density at radius 2 is 1.00 bits per heavy atom. The van der Waals surface area contributed by atoms with Gasteiger partial charge in [0, 0.05) is 33.1 Å². The molecule has 0 spiro atoms. The molecule has 180 valence electrons. The van der Waals surface area contributed by atoms with Crippen LogP contribution in [0.25, 0.3) is 61.3 Å². The minimum atomic E-state index is -0.0583. The van der Waals surface area contributed by atoms with E-state index in [-0.39, 0.29) is 20.7 Å². The highest BCUT2D eigenvalue weighted by molar-refractivity contribution is 14.2. The minimum Gasteiger partial charge on any atom is -0.309 e. The van der Waals surface area contributed by atoms with Crippen molar-refractivity contribution >= 4 is 63.5 Å². The van der Waals surface area contributed by atoms with Gasteiger partial charge in [-0.2, -0.15) is 0 Å². The van der Waals surface area contributed by atoms with Crippen LogP contribution in [-0.2, 0) is 0 Å². The lowest BCUT2D eigenvalue weighted by Gasteiger charge is -2.13. The summed E-state index contributed by atoms with van der Waals surface area (Å²) in [5.41, 5.74) is 11.2. The first-order valence-electron chi connectivity index (χ1n) is 12.8. The van der Waals surface area contributed by atoms with Gasteiger partial charge in [-0.1, -0.05) is 99.6 Å². The van der Waals surface area contributed by atoms with Gasteiger partial charge < -0.3 is 9.13 Å². The quantitative estimate of drug-likeness (QED) is 0.179. The van der Waals surface area contributed by atoms with Gasteiger partial charge >= 0.3 is 0 Å². The van der Waals surface area contributed by atoms with Crippen molar-refractivity contribution in [2.24, 2.45) is 0 Å².